The third kappa shape index (κ3) is 4.87. The zero-order chi connectivity index (χ0) is 23.6. The van der Waals surface area contributed by atoms with Crippen molar-refractivity contribution in [3.05, 3.63) is 89.7 Å². The SMILES string of the molecule is Nc1nc(-c2cccc(C(F)(F)F)c2)nc(-c2ccc(OCc3ccccc3)cc2F)c1N. The Morgan fingerprint density at radius 1 is 0.848 bits per heavy atom. The summed E-state index contributed by atoms with van der Waals surface area (Å²) in [5, 5.41) is 0. The van der Waals surface area contributed by atoms with Gasteiger partial charge in [0.05, 0.1) is 5.56 Å². The Hall–Kier alpha value is -4.14. The molecule has 0 saturated carbocycles. The molecule has 4 rings (SSSR count). The molecule has 0 fully saturated rings. The smallest absolute Gasteiger partial charge is 0.416 e. The van der Waals surface area contributed by atoms with Gasteiger partial charge >= 0.3 is 6.18 Å². The van der Waals surface area contributed by atoms with Gasteiger partial charge in [-0.2, -0.15) is 13.2 Å². The molecule has 168 valence electrons. The maximum absolute atomic E-state index is 14.9. The highest BCUT2D eigenvalue weighted by Gasteiger charge is 2.30. The van der Waals surface area contributed by atoms with Gasteiger partial charge in [0.15, 0.2) is 11.6 Å². The predicted octanol–water partition coefficient (Wildman–Crippen LogP) is 5.71. The van der Waals surface area contributed by atoms with Gasteiger partial charge in [-0.3, -0.25) is 0 Å². The highest BCUT2D eigenvalue weighted by molar-refractivity contribution is 5.82. The van der Waals surface area contributed by atoms with E-state index in [1.807, 2.05) is 30.3 Å². The number of nitrogens with zero attached hydrogens (tertiary/aromatic N) is 2. The second-order valence-electron chi connectivity index (χ2n) is 7.19. The van der Waals surface area contributed by atoms with Crippen LogP contribution in [0.4, 0.5) is 29.1 Å². The third-order valence-corrected chi connectivity index (χ3v) is 4.87. The maximum Gasteiger partial charge on any atom is 0.416 e. The van der Waals surface area contributed by atoms with Crippen LogP contribution >= 0.6 is 0 Å². The Labute approximate surface area is 186 Å². The lowest BCUT2D eigenvalue weighted by molar-refractivity contribution is -0.137. The van der Waals surface area contributed by atoms with Crippen LogP contribution in [0.3, 0.4) is 0 Å². The van der Waals surface area contributed by atoms with Gasteiger partial charge < -0.3 is 16.2 Å². The van der Waals surface area contributed by atoms with Gasteiger partial charge in [0.1, 0.15) is 29.6 Å². The molecule has 4 aromatic rings. The molecule has 0 atom stereocenters. The standard InChI is InChI=1S/C24H18F4N4O/c25-19-12-17(33-13-14-5-2-1-3-6-14)9-10-18(19)21-20(29)22(30)32-23(31-21)15-7-4-8-16(11-15)24(26,27)28/h1-12H,13,29H2,(H2,30,31,32). The van der Waals surface area contributed by atoms with Crippen LogP contribution in [-0.2, 0) is 12.8 Å². The summed E-state index contributed by atoms with van der Waals surface area (Å²) in [6, 6.07) is 18.0. The van der Waals surface area contributed by atoms with Gasteiger partial charge in [0.2, 0.25) is 0 Å². The number of hydrogen-bond acceptors (Lipinski definition) is 5. The summed E-state index contributed by atoms with van der Waals surface area (Å²) < 4.78 is 59.8. The molecule has 5 nitrogen and oxygen atoms in total. The van der Waals surface area contributed by atoms with E-state index >= 15 is 0 Å². The van der Waals surface area contributed by atoms with E-state index in [2.05, 4.69) is 9.97 Å². The molecule has 4 N–H and O–H groups in total. The molecule has 3 aromatic carbocycles. The first-order valence-electron chi connectivity index (χ1n) is 9.79. The zero-order valence-electron chi connectivity index (χ0n) is 17.1. The average Bonchev–Trinajstić information content (AvgIpc) is 2.80. The monoisotopic (exact) mass is 454 g/mol. The van der Waals surface area contributed by atoms with Crippen LogP contribution in [0, 0.1) is 5.82 Å². The Balaban J connectivity index is 1.67. The summed E-state index contributed by atoms with van der Waals surface area (Å²) in [6.07, 6.45) is -4.54. The van der Waals surface area contributed by atoms with Gasteiger partial charge in [-0.25, -0.2) is 14.4 Å². The number of alkyl halides is 3. The van der Waals surface area contributed by atoms with Crippen molar-refractivity contribution in [2.75, 3.05) is 11.5 Å². The van der Waals surface area contributed by atoms with Gasteiger partial charge in [-0.05, 0) is 29.8 Å². The molecule has 0 amide bonds. The van der Waals surface area contributed by atoms with E-state index < -0.39 is 17.6 Å². The van der Waals surface area contributed by atoms with Crippen molar-refractivity contribution in [1.29, 1.82) is 0 Å². The number of halogens is 4. The Kier molecular flexibility index (Phi) is 5.87. The number of hydrogen-bond donors (Lipinski definition) is 2. The number of nitrogen functional groups attached to an aromatic ring is 2. The van der Waals surface area contributed by atoms with E-state index in [1.165, 1.54) is 24.3 Å². The van der Waals surface area contributed by atoms with E-state index in [1.54, 1.807) is 6.07 Å². The van der Waals surface area contributed by atoms with Crippen molar-refractivity contribution < 1.29 is 22.3 Å². The molecular weight excluding hydrogens is 436 g/mol. The summed E-state index contributed by atoms with van der Waals surface area (Å²) in [6.45, 7) is 0.252. The Bertz CT molecular complexity index is 1290. The quantitative estimate of drug-likeness (QED) is 0.377. The van der Waals surface area contributed by atoms with Gasteiger partial charge in [0, 0.05) is 17.2 Å². The molecule has 33 heavy (non-hydrogen) atoms. The van der Waals surface area contributed by atoms with Crippen molar-refractivity contribution in [1.82, 2.24) is 9.97 Å². The highest BCUT2D eigenvalue weighted by atomic mass is 19.4. The molecule has 1 heterocycles. The fraction of sp³-hybridized carbons (Fsp3) is 0.0833. The van der Waals surface area contributed by atoms with E-state index in [9.17, 15) is 17.6 Å². The topological polar surface area (TPSA) is 87.0 Å². The van der Waals surface area contributed by atoms with Crippen LogP contribution in [0.1, 0.15) is 11.1 Å². The lowest BCUT2D eigenvalue weighted by Crippen LogP contribution is -2.07. The van der Waals surface area contributed by atoms with Gasteiger partial charge in [-0.15, -0.1) is 0 Å². The second kappa shape index (κ2) is 8.78. The summed E-state index contributed by atoms with van der Waals surface area (Å²) >= 11 is 0. The van der Waals surface area contributed by atoms with Crippen molar-refractivity contribution in [2.24, 2.45) is 0 Å². The number of benzene rings is 3. The molecule has 0 aliphatic heterocycles. The highest BCUT2D eigenvalue weighted by Crippen LogP contribution is 2.35. The molecule has 1 aromatic heterocycles. The average molecular weight is 454 g/mol. The Morgan fingerprint density at radius 2 is 1.61 bits per heavy atom. The second-order valence-corrected chi connectivity index (χ2v) is 7.19. The van der Waals surface area contributed by atoms with Crippen LogP contribution in [0.15, 0.2) is 72.8 Å². The first-order valence-corrected chi connectivity index (χ1v) is 9.79. The molecule has 0 saturated heterocycles. The molecule has 0 aliphatic rings. The van der Waals surface area contributed by atoms with Crippen LogP contribution in [0.25, 0.3) is 22.6 Å². The molecule has 0 radical (unpaired) electrons. The fourth-order valence-corrected chi connectivity index (χ4v) is 3.17. The first-order chi connectivity index (χ1) is 15.7. The van der Waals surface area contributed by atoms with Gasteiger partial charge in [0.25, 0.3) is 0 Å². The van der Waals surface area contributed by atoms with Crippen molar-refractivity contribution in [2.45, 2.75) is 12.8 Å². The molecule has 0 bridgehead atoms. The largest absolute Gasteiger partial charge is 0.489 e. The summed E-state index contributed by atoms with van der Waals surface area (Å²) in [4.78, 5) is 8.21. The molecular formula is C24H18F4N4O. The molecule has 0 unspecified atom stereocenters. The lowest BCUT2D eigenvalue weighted by atomic mass is 10.1. The minimum atomic E-state index is -4.54. The van der Waals surface area contributed by atoms with E-state index in [-0.39, 0.29) is 40.8 Å². The minimum Gasteiger partial charge on any atom is -0.489 e. The number of ether oxygens (including phenoxy) is 1. The number of nitrogens with two attached hydrogens (primary N) is 2. The van der Waals surface area contributed by atoms with E-state index in [0.717, 1.165) is 17.7 Å². The lowest BCUT2D eigenvalue weighted by Gasteiger charge is -2.13. The fourth-order valence-electron chi connectivity index (χ4n) is 3.17. The van der Waals surface area contributed by atoms with Crippen molar-refractivity contribution >= 4 is 11.5 Å². The van der Waals surface area contributed by atoms with Crippen LogP contribution in [-0.4, -0.2) is 9.97 Å². The number of anilines is 2. The van der Waals surface area contributed by atoms with Crippen LogP contribution < -0.4 is 16.2 Å². The number of aromatic nitrogens is 2. The summed E-state index contributed by atoms with van der Waals surface area (Å²) in [5.74, 6) is -0.665. The van der Waals surface area contributed by atoms with Crippen molar-refractivity contribution in [3.63, 3.8) is 0 Å². The molecule has 0 spiro atoms. The van der Waals surface area contributed by atoms with Gasteiger partial charge in [-0.1, -0.05) is 42.5 Å². The third-order valence-electron chi connectivity index (χ3n) is 4.87. The van der Waals surface area contributed by atoms with Crippen molar-refractivity contribution in [3.8, 4) is 28.4 Å². The van der Waals surface area contributed by atoms with Crippen LogP contribution in [0.2, 0.25) is 0 Å². The molecule has 0 aliphatic carbocycles. The molecule has 9 heteroatoms. The normalized spacial score (nSPS) is 11.4. The van der Waals surface area contributed by atoms with Crippen LogP contribution in [0.5, 0.6) is 5.75 Å². The predicted molar refractivity (Wildman–Crippen MR) is 117 cm³/mol. The van der Waals surface area contributed by atoms with E-state index in [0.29, 0.717) is 5.75 Å². The maximum atomic E-state index is 14.9. The first kappa shape index (κ1) is 22.1. The summed E-state index contributed by atoms with van der Waals surface area (Å²) in [5.41, 5.74) is 11.9. The Morgan fingerprint density at radius 3 is 2.30 bits per heavy atom. The minimum absolute atomic E-state index is 0.0156. The zero-order valence-corrected chi connectivity index (χ0v) is 17.1. The summed E-state index contributed by atoms with van der Waals surface area (Å²) in [7, 11) is 0. The number of rotatable bonds is 5. The van der Waals surface area contributed by atoms with E-state index in [4.69, 9.17) is 16.2 Å².